The summed E-state index contributed by atoms with van der Waals surface area (Å²) in [5.74, 6) is 3.21. The second-order valence-electron chi connectivity index (χ2n) is 5.56. The Morgan fingerprint density at radius 1 is 1.26 bits per heavy atom. The predicted octanol–water partition coefficient (Wildman–Crippen LogP) is 3.29. The number of hydrogen-bond acceptors (Lipinski definition) is 3. The average molecular weight is 276 g/mol. The number of rotatable bonds is 1. The van der Waals surface area contributed by atoms with Gasteiger partial charge in [0.15, 0.2) is 0 Å². The van der Waals surface area contributed by atoms with Crippen molar-refractivity contribution in [2.45, 2.75) is 44.8 Å². The van der Waals surface area contributed by atoms with Crippen LogP contribution in [0, 0.1) is 12.8 Å². The standard InChI is InChI=1S/C15H20N2OS/c1-10-16-14-12(7-11-5-3-2-4-6-11)8-19-9-13(14)15(18)17-10/h7,11H,2-6,8-9H2,1H3,(H,16,17,18). The zero-order valence-corrected chi connectivity index (χ0v) is 12.2. The van der Waals surface area contributed by atoms with Crippen LogP contribution < -0.4 is 5.56 Å². The van der Waals surface area contributed by atoms with Crippen LogP contribution in [-0.2, 0) is 5.75 Å². The Morgan fingerprint density at radius 2 is 2.05 bits per heavy atom. The Bertz CT molecular complexity index is 556. The number of nitrogens with one attached hydrogen (secondary N) is 1. The monoisotopic (exact) mass is 276 g/mol. The maximum atomic E-state index is 12.0. The summed E-state index contributed by atoms with van der Waals surface area (Å²) < 4.78 is 0. The molecule has 0 radical (unpaired) electrons. The molecule has 0 bridgehead atoms. The molecule has 1 aromatic rings. The van der Waals surface area contributed by atoms with Crippen LogP contribution in [0.15, 0.2) is 10.9 Å². The zero-order chi connectivity index (χ0) is 13.2. The molecular formula is C15H20N2OS. The summed E-state index contributed by atoms with van der Waals surface area (Å²) in [4.78, 5) is 19.4. The lowest BCUT2D eigenvalue weighted by atomic mass is 9.87. The Hall–Kier alpha value is -1.03. The van der Waals surface area contributed by atoms with Crippen molar-refractivity contribution in [2.75, 3.05) is 5.75 Å². The third-order valence-electron chi connectivity index (χ3n) is 4.03. The molecule has 0 aromatic carbocycles. The van der Waals surface area contributed by atoms with Gasteiger partial charge < -0.3 is 4.98 Å². The first-order valence-electron chi connectivity index (χ1n) is 7.12. The van der Waals surface area contributed by atoms with Gasteiger partial charge in [0.1, 0.15) is 5.82 Å². The molecule has 102 valence electrons. The van der Waals surface area contributed by atoms with E-state index in [0.717, 1.165) is 28.6 Å². The van der Waals surface area contributed by atoms with Gasteiger partial charge in [-0.1, -0.05) is 25.3 Å². The van der Waals surface area contributed by atoms with Crippen LogP contribution in [0.1, 0.15) is 49.2 Å². The molecule has 4 heteroatoms. The number of fused-ring (bicyclic) bond motifs is 1. The highest BCUT2D eigenvalue weighted by Crippen LogP contribution is 2.33. The van der Waals surface area contributed by atoms with Crippen molar-refractivity contribution >= 4 is 17.3 Å². The van der Waals surface area contributed by atoms with Crippen molar-refractivity contribution in [2.24, 2.45) is 5.92 Å². The van der Waals surface area contributed by atoms with Gasteiger partial charge in [0, 0.05) is 11.5 Å². The lowest BCUT2D eigenvalue weighted by Crippen LogP contribution is -2.21. The van der Waals surface area contributed by atoms with Crippen molar-refractivity contribution in [1.82, 2.24) is 9.97 Å². The van der Waals surface area contributed by atoms with Crippen molar-refractivity contribution in [3.63, 3.8) is 0 Å². The van der Waals surface area contributed by atoms with E-state index in [4.69, 9.17) is 0 Å². The quantitative estimate of drug-likeness (QED) is 0.856. The van der Waals surface area contributed by atoms with Crippen molar-refractivity contribution in [3.05, 3.63) is 33.5 Å². The number of aryl methyl sites for hydroxylation is 1. The smallest absolute Gasteiger partial charge is 0.255 e. The fourth-order valence-corrected chi connectivity index (χ4v) is 4.08. The van der Waals surface area contributed by atoms with E-state index in [1.807, 2.05) is 18.7 Å². The molecule has 0 amide bonds. The Balaban J connectivity index is 1.97. The van der Waals surface area contributed by atoms with Gasteiger partial charge in [-0.15, -0.1) is 0 Å². The summed E-state index contributed by atoms with van der Waals surface area (Å²) in [6, 6.07) is 0. The number of aromatic amines is 1. The first-order chi connectivity index (χ1) is 9.24. The third kappa shape index (κ3) is 2.78. The maximum absolute atomic E-state index is 12.0. The lowest BCUT2D eigenvalue weighted by molar-refractivity contribution is 0.420. The molecule has 3 rings (SSSR count). The van der Waals surface area contributed by atoms with Crippen LogP contribution in [0.4, 0.5) is 0 Å². The van der Waals surface area contributed by atoms with Gasteiger partial charge in [0.05, 0.1) is 11.3 Å². The first kappa shape index (κ1) is 13.0. The van der Waals surface area contributed by atoms with Crippen molar-refractivity contribution in [3.8, 4) is 0 Å². The highest BCUT2D eigenvalue weighted by molar-refractivity contribution is 7.99. The number of hydrogen-bond donors (Lipinski definition) is 1. The number of allylic oxidation sites excluding steroid dienone is 1. The van der Waals surface area contributed by atoms with E-state index >= 15 is 0 Å². The minimum atomic E-state index is 0.0456. The topological polar surface area (TPSA) is 45.8 Å². The molecule has 3 nitrogen and oxygen atoms in total. The van der Waals surface area contributed by atoms with Crippen LogP contribution in [0.2, 0.25) is 0 Å². The van der Waals surface area contributed by atoms with Gasteiger partial charge in [-0.2, -0.15) is 11.8 Å². The molecule has 1 N–H and O–H groups in total. The van der Waals surface area contributed by atoms with Gasteiger partial charge in [-0.05, 0) is 31.3 Å². The molecule has 0 saturated heterocycles. The van der Waals surface area contributed by atoms with E-state index < -0.39 is 0 Å². The lowest BCUT2D eigenvalue weighted by Gasteiger charge is -2.22. The van der Waals surface area contributed by atoms with E-state index in [2.05, 4.69) is 16.0 Å². The van der Waals surface area contributed by atoms with Gasteiger partial charge in [-0.3, -0.25) is 4.79 Å². The number of aromatic nitrogens is 2. The zero-order valence-electron chi connectivity index (χ0n) is 11.4. The maximum Gasteiger partial charge on any atom is 0.255 e. The summed E-state index contributed by atoms with van der Waals surface area (Å²) in [7, 11) is 0. The molecule has 19 heavy (non-hydrogen) atoms. The fourth-order valence-electron chi connectivity index (χ4n) is 3.05. The second kappa shape index (κ2) is 5.53. The second-order valence-corrected chi connectivity index (χ2v) is 6.55. The van der Waals surface area contributed by atoms with Gasteiger partial charge in [0.2, 0.25) is 0 Å². The SMILES string of the molecule is Cc1nc2c(c(=O)[nH]1)CSCC2=CC1CCCCC1. The van der Waals surface area contributed by atoms with E-state index in [0.29, 0.717) is 5.92 Å². The van der Waals surface area contributed by atoms with Crippen LogP contribution >= 0.6 is 11.8 Å². The Kier molecular flexibility index (Phi) is 3.78. The molecule has 1 aliphatic carbocycles. The molecule has 1 aromatic heterocycles. The van der Waals surface area contributed by atoms with Crippen LogP contribution in [-0.4, -0.2) is 15.7 Å². The highest BCUT2D eigenvalue weighted by Gasteiger charge is 2.21. The van der Waals surface area contributed by atoms with Crippen molar-refractivity contribution < 1.29 is 0 Å². The summed E-state index contributed by atoms with van der Waals surface area (Å²) in [6.45, 7) is 1.86. The van der Waals surface area contributed by atoms with Crippen molar-refractivity contribution in [1.29, 1.82) is 0 Å². The number of nitrogens with zero attached hydrogens (tertiary/aromatic N) is 1. The molecule has 0 atom stereocenters. The molecular weight excluding hydrogens is 256 g/mol. The minimum Gasteiger partial charge on any atom is -0.310 e. The molecule has 1 aliphatic heterocycles. The number of H-pyrrole nitrogens is 1. The molecule has 0 unspecified atom stereocenters. The van der Waals surface area contributed by atoms with Gasteiger partial charge in [0.25, 0.3) is 5.56 Å². The Morgan fingerprint density at radius 3 is 2.84 bits per heavy atom. The molecule has 0 spiro atoms. The van der Waals surface area contributed by atoms with E-state index in [9.17, 15) is 4.79 Å². The molecule has 2 aliphatic rings. The largest absolute Gasteiger partial charge is 0.310 e. The van der Waals surface area contributed by atoms with Gasteiger partial charge >= 0.3 is 0 Å². The van der Waals surface area contributed by atoms with Crippen LogP contribution in [0.25, 0.3) is 5.57 Å². The molecule has 2 heterocycles. The summed E-state index contributed by atoms with van der Waals surface area (Å²) in [5, 5.41) is 0. The van der Waals surface area contributed by atoms with Crippen LogP contribution in [0.5, 0.6) is 0 Å². The van der Waals surface area contributed by atoms with E-state index in [-0.39, 0.29) is 5.56 Å². The minimum absolute atomic E-state index is 0.0456. The Labute approximate surface area is 117 Å². The third-order valence-corrected chi connectivity index (χ3v) is 5.04. The highest BCUT2D eigenvalue weighted by atomic mass is 32.2. The normalized spacial score (nSPS) is 22.5. The number of thioether (sulfide) groups is 1. The van der Waals surface area contributed by atoms with Crippen LogP contribution in [0.3, 0.4) is 0 Å². The van der Waals surface area contributed by atoms with E-state index in [1.165, 1.54) is 37.7 Å². The summed E-state index contributed by atoms with van der Waals surface area (Å²) in [5.41, 5.74) is 3.16. The summed E-state index contributed by atoms with van der Waals surface area (Å²) in [6.07, 6.45) is 9.06. The molecule has 1 fully saturated rings. The van der Waals surface area contributed by atoms with E-state index in [1.54, 1.807) is 0 Å². The predicted molar refractivity (Wildman–Crippen MR) is 80.3 cm³/mol. The van der Waals surface area contributed by atoms with Gasteiger partial charge in [-0.25, -0.2) is 4.98 Å². The summed E-state index contributed by atoms with van der Waals surface area (Å²) >= 11 is 1.83. The fraction of sp³-hybridized carbons (Fsp3) is 0.600. The first-order valence-corrected chi connectivity index (χ1v) is 8.28. The average Bonchev–Trinajstić information content (AvgIpc) is 2.41. The molecule has 1 saturated carbocycles.